The van der Waals surface area contributed by atoms with E-state index in [1.165, 1.54) is 23.2 Å². The van der Waals surface area contributed by atoms with Crippen molar-refractivity contribution in [3.63, 3.8) is 0 Å². The molecular weight excluding hydrogens is 379 g/mol. The number of benzene rings is 1. The smallest absolute Gasteiger partial charge is 0.341 e. The molecule has 1 aromatic heterocycles. The number of carboxylic acid groups (broad SMARTS) is 1. The number of azo groups is 1. The quantitative estimate of drug-likeness (QED) is 0.828. The van der Waals surface area contributed by atoms with Crippen LogP contribution >= 0.6 is 0 Å². The SMILES string of the molecule is O=C(O)c1cn(C2CC2)c2c(c1=O)C=C(F)C1N=NC(c3ccc(O)cc3)=CN21. The second-order valence-corrected chi connectivity index (χ2v) is 7.14. The van der Waals surface area contributed by atoms with Crippen molar-refractivity contribution in [2.75, 3.05) is 4.90 Å². The van der Waals surface area contributed by atoms with Crippen molar-refractivity contribution in [2.45, 2.75) is 25.0 Å². The molecule has 1 aromatic carbocycles. The summed E-state index contributed by atoms with van der Waals surface area (Å²) >= 11 is 0. The molecule has 0 spiro atoms. The lowest BCUT2D eigenvalue weighted by Gasteiger charge is -2.35. The number of hydrogen-bond donors (Lipinski definition) is 2. The molecule has 2 aliphatic heterocycles. The van der Waals surface area contributed by atoms with Crippen LogP contribution in [0.3, 0.4) is 0 Å². The van der Waals surface area contributed by atoms with E-state index in [1.54, 1.807) is 22.9 Å². The maximum atomic E-state index is 14.7. The highest BCUT2D eigenvalue weighted by atomic mass is 19.1. The number of aromatic nitrogens is 1. The van der Waals surface area contributed by atoms with E-state index in [0.717, 1.165) is 18.9 Å². The first kappa shape index (κ1) is 17.4. The number of fused-ring (bicyclic) bond motifs is 3. The largest absolute Gasteiger partial charge is 0.508 e. The molecule has 1 fully saturated rings. The Hall–Kier alpha value is -3.75. The van der Waals surface area contributed by atoms with Gasteiger partial charge in [-0.1, -0.05) is 0 Å². The molecule has 1 saturated carbocycles. The van der Waals surface area contributed by atoms with Crippen LogP contribution in [-0.2, 0) is 0 Å². The van der Waals surface area contributed by atoms with Crippen molar-refractivity contribution in [3.05, 3.63) is 69.4 Å². The van der Waals surface area contributed by atoms with Gasteiger partial charge in [-0.25, -0.2) is 9.18 Å². The van der Waals surface area contributed by atoms with E-state index in [2.05, 4.69) is 10.2 Å². The zero-order valence-electron chi connectivity index (χ0n) is 15.0. The number of phenolic OH excluding ortho intramolecular Hbond substituents is 1. The van der Waals surface area contributed by atoms with Crippen LogP contribution in [0.5, 0.6) is 5.75 Å². The van der Waals surface area contributed by atoms with E-state index in [4.69, 9.17) is 0 Å². The van der Waals surface area contributed by atoms with Gasteiger partial charge >= 0.3 is 5.97 Å². The number of carboxylic acids is 1. The van der Waals surface area contributed by atoms with E-state index in [0.29, 0.717) is 17.1 Å². The molecule has 3 aliphatic rings. The molecule has 29 heavy (non-hydrogen) atoms. The second-order valence-electron chi connectivity index (χ2n) is 7.14. The van der Waals surface area contributed by atoms with Gasteiger partial charge in [-0.15, -0.1) is 0 Å². The fourth-order valence-corrected chi connectivity index (χ4v) is 3.57. The lowest BCUT2D eigenvalue weighted by molar-refractivity contribution is 0.0694. The van der Waals surface area contributed by atoms with Crippen molar-refractivity contribution in [1.29, 1.82) is 0 Å². The second kappa shape index (κ2) is 6.13. The highest BCUT2D eigenvalue weighted by molar-refractivity contribution is 5.90. The van der Waals surface area contributed by atoms with E-state index in [9.17, 15) is 24.2 Å². The molecule has 0 saturated heterocycles. The standard InChI is InChI=1S/C20H15FN4O4/c21-15-7-13-17(27)14(20(28)29)8-24(11-3-4-11)19(13)25-9-16(22-23-18(15)25)10-1-5-12(26)6-2-10/h1-2,5-9,11,18,26H,3-4H2,(H,28,29). The van der Waals surface area contributed by atoms with Crippen LogP contribution in [0, 0.1) is 0 Å². The molecule has 9 heteroatoms. The third kappa shape index (κ3) is 2.74. The minimum atomic E-state index is -1.35. The van der Waals surface area contributed by atoms with Gasteiger partial charge < -0.3 is 19.7 Å². The van der Waals surface area contributed by atoms with Crippen molar-refractivity contribution < 1.29 is 19.4 Å². The third-order valence-electron chi connectivity index (χ3n) is 5.15. The molecule has 0 radical (unpaired) electrons. The maximum Gasteiger partial charge on any atom is 0.341 e. The van der Waals surface area contributed by atoms with Gasteiger partial charge in [0.1, 0.15) is 28.7 Å². The average molecular weight is 394 g/mol. The number of pyridine rings is 1. The summed E-state index contributed by atoms with van der Waals surface area (Å²) < 4.78 is 16.5. The molecule has 146 valence electrons. The summed E-state index contributed by atoms with van der Waals surface area (Å²) in [7, 11) is 0. The van der Waals surface area contributed by atoms with Gasteiger partial charge in [0.25, 0.3) is 0 Å². The first-order valence-electron chi connectivity index (χ1n) is 9.04. The number of phenols is 1. The molecular formula is C20H15FN4O4. The van der Waals surface area contributed by atoms with E-state index in [-0.39, 0.29) is 22.9 Å². The van der Waals surface area contributed by atoms with Gasteiger partial charge in [0.05, 0.1) is 5.56 Å². The Bertz CT molecular complexity index is 1190. The lowest BCUT2D eigenvalue weighted by Crippen LogP contribution is -2.39. The Kier molecular flexibility index (Phi) is 3.67. The van der Waals surface area contributed by atoms with Crippen molar-refractivity contribution >= 4 is 23.6 Å². The van der Waals surface area contributed by atoms with Crippen LogP contribution in [-0.4, -0.2) is 26.9 Å². The Morgan fingerprint density at radius 1 is 1.21 bits per heavy atom. The fourth-order valence-electron chi connectivity index (χ4n) is 3.57. The number of hydrogen-bond acceptors (Lipinski definition) is 6. The fraction of sp³-hybridized carbons (Fsp3) is 0.200. The predicted molar refractivity (Wildman–Crippen MR) is 102 cm³/mol. The molecule has 1 unspecified atom stereocenters. The molecule has 3 heterocycles. The van der Waals surface area contributed by atoms with E-state index in [1.807, 2.05) is 0 Å². The number of anilines is 1. The van der Waals surface area contributed by atoms with Crippen LogP contribution in [0.25, 0.3) is 11.8 Å². The van der Waals surface area contributed by atoms with Gasteiger partial charge in [-0.05, 0) is 43.2 Å². The molecule has 8 nitrogen and oxygen atoms in total. The minimum absolute atomic E-state index is 0.0102. The number of rotatable bonds is 3. The summed E-state index contributed by atoms with van der Waals surface area (Å²) in [5.41, 5.74) is -0.0495. The summed E-state index contributed by atoms with van der Waals surface area (Å²) in [6.45, 7) is 0. The van der Waals surface area contributed by atoms with Gasteiger partial charge in [-0.2, -0.15) is 10.2 Å². The molecule has 2 aromatic rings. The number of aromatic carboxylic acids is 1. The summed E-state index contributed by atoms with van der Waals surface area (Å²) in [6.07, 6.45) is 4.61. The van der Waals surface area contributed by atoms with Gasteiger partial charge in [-0.3, -0.25) is 4.79 Å². The Balaban J connectivity index is 1.72. The maximum absolute atomic E-state index is 14.7. The van der Waals surface area contributed by atoms with Crippen molar-refractivity contribution in [1.82, 2.24) is 4.57 Å². The van der Waals surface area contributed by atoms with Crippen LogP contribution < -0.4 is 10.3 Å². The molecule has 2 N–H and O–H groups in total. The highest BCUT2D eigenvalue weighted by Crippen LogP contribution is 2.43. The van der Waals surface area contributed by atoms with Crippen LogP contribution in [0.2, 0.25) is 0 Å². The highest BCUT2D eigenvalue weighted by Gasteiger charge is 2.38. The Morgan fingerprint density at radius 2 is 1.93 bits per heavy atom. The first-order valence-corrected chi connectivity index (χ1v) is 9.04. The van der Waals surface area contributed by atoms with E-state index < -0.39 is 23.4 Å². The summed E-state index contributed by atoms with van der Waals surface area (Å²) in [4.78, 5) is 25.8. The Labute approximate surface area is 163 Å². The number of carbonyl (C=O) groups is 1. The summed E-state index contributed by atoms with van der Waals surface area (Å²) in [5.74, 6) is -1.53. The van der Waals surface area contributed by atoms with Crippen LogP contribution in [0.15, 0.2) is 57.5 Å². The van der Waals surface area contributed by atoms with Gasteiger partial charge in [0.2, 0.25) is 5.43 Å². The molecule has 0 amide bonds. The number of aromatic hydroxyl groups is 1. The third-order valence-corrected chi connectivity index (χ3v) is 5.15. The van der Waals surface area contributed by atoms with Crippen molar-refractivity contribution in [2.24, 2.45) is 10.2 Å². The molecule has 1 aliphatic carbocycles. The van der Waals surface area contributed by atoms with Crippen molar-refractivity contribution in [3.8, 4) is 5.75 Å². The van der Waals surface area contributed by atoms with Crippen LogP contribution in [0.4, 0.5) is 10.2 Å². The first-order chi connectivity index (χ1) is 13.9. The molecule has 0 bridgehead atoms. The lowest BCUT2D eigenvalue weighted by atomic mass is 10.0. The molecule has 1 atom stereocenters. The average Bonchev–Trinajstić information content (AvgIpc) is 3.54. The minimum Gasteiger partial charge on any atom is -0.508 e. The number of nitrogens with zero attached hydrogens (tertiary/aromatic N) is 4. The summed E-state index contributed by atoms with van der Waals surface area (Å²) in [5, 5.41) is 27.0. The van der Waals surface area contributed by atoms with Gasteiger partial charge in [0, 0.05) is 24.0 Å². The van der Waals surface area contributed by atoms with E-state index >= 15 is 0 Å². The molecule has 5 rings (SSSR count). The predicted octanol–water partition coefficient (Wildman–Crippen LogP) is 3.51. The van der Waals surface area contributed by atoms with Gasteiger partial charge in [0.15, 0.2) is 6.17 Å². The zero-order valence-corrected chi connectivity index (χ0v) is 15.0. The monoisotopic (exact) mass is 394 g/mol. The van der Waals surface area contributed by atoms with Crippen LogP contribution in [0.1, 0.15) is 40.4 Å². The number of halogens is 1. The normalized spacial score (nSPS) is 19.9. The Morgan fingerprint density at radius 3 is 2.59 bits per heavy atom. The topological polar surface area (TPSA) is 107 Å². The summed E-state index contributed by atoms with van der Waals surface area (Å²) in [6, 6.07) is 6.35. The zero-order chi connectivity index (χ0) is 20.3.